The fraction of sp³-hybridized carbons (Fsp3) is 0.111. The predicted molar refractivity (Wildman–Crippen MR) is 57.3 cm³/mol. The Hall–Kier alpha value is -0.870. The third kappa shape index (κ3) is 1.26. The number of aromatic hydroxyl groups is 1. The van der Waals surface area contributed by atoms with Crippen LogP contribution in [0, 0.1) is 0 Å². The van der Waals surface area contributed by atoms with Crippen molar-refractivity contribution in [2.24, 2.45) is 0 Å². The second-order valence-electron chi connectivity index (χ2n) is 2.61. The van der Waals surface area contributed by atoms with Gasteiger partial charge in [-0.3, -0.25) is 0 Å². The zero-order valence-electron chi connectivity index (χ0n) is 6.94. The van der Waals surface area contributed by atoms with E-state index in [1.54, 1.807) is 19.2 Å². The van der Waals surface area contributed by atoms with Crippen LogP contribution in [0.25, 0.3) is 10.1 Å². The van der Waals surface area contributed by atoms with Crippen LogP contribution in [0.1, 0.15) is 0 Å². The van der Waals surface area contributed by atoms with Crippen LogP contribution in [0.2, 0.25) is 0 Å². The van der Waals surface area contributed by atoms with Crippen molar-refractivity contribution in [2.45, 2.75) is 4.90 Å². The van der Waals surface area contributed by atoms with Gasteiger partial charge in [0.25, 0.3) is 0 Å². The number of fused-ring (bicyclic) bond motifs is 1. The highest BCUT2D eigenvalue weighted by Gasteiger charge is 2.10. The van der Waals surface area contributed by atoms with E-state index in [1.165, 1.54) is 11.3 Å². The molecule has 0 aliphatic carbocycles. The van der Waals surface area contributed by atoms with Crippen molar-refractivity contribution in [3.8, 4) is 11.5 Å². The molecule has 0 unspecified atom stereocenters. The Labute approximate surface area is 85.2 Å². The van der Waals surface area contributed by atoms with Gasteiger partial charge in [0.15, 0.2) is 0 Å². The van der Waals surface area contributed by atoms with E-state index in [2.05, 4.69) is 12.6 Å². The lowest BCUT2D eigenvalue weighted by atomic mass is 10.2. The number of thiol groups is 1. The lowest BCUT2D eigenvalue weighted by Crippen LogP contribution is -1.80. The molecule has 1 aromatic heterocycles. The first-order valence-corrected chi connectivity index (χ1v) is 5.03. The van der Waals surface area contributed by atoms with Gasteiger partial charge in [0, 0.05) is 10.3 Å². The molecule has 1 N–H and O–H groups in total. The molecular weight excluding hydrogens is 204 g/mol. The number of phenols is 1. The van der Waals surface area contributed by atoms with Crippen LogP contribution >= 0.6 is 24.0 Å². The van der Waals surface area contributed by atoms with Crippen molar-refractivity contribution >= 4 is 34.1 Å². The minimum atomic E-state index is 0.279. The minimum absolute atomic E-state index is 0.279. The van der Waals surface area contributed by atoms with Crippen LogP contribution in [-0.2, 0) is 0 Å². The fourth-order valence-corrected chi connectivity index (χ4v) is 2.57. The van der Waals surface area contributed by atoms with Crippen LogP contribution in [0.5, 0.6) is 11.5 Å². The van der Waals surface area contributed by atoms with E-state index in [-0.39, 0.29) is 5.75 Å². The number of hydrogen-bond donors (Lipinski definition) is 2. The Morgan fingerprint density at radius 2 is 2.23 bits per heavy atom. The maximum atomic E-state index is 9.53. The number of hydrogen-bond acceptors (Lipinski definition) is 4. The summed E-state index contributed by atoms with van der Waals surface area (Å²) in [7, 11) is 1.61. The Morgan fingerprint density at radius 1 is 1.46 bits per heavy atom. The molecule has 2 rings (SSSR count). The largest absolute Gasteiger partial charge is 0.506 e. The van der Waals surface area contributed by atoms with Gasteiger partial charge in [0.1, 0.15) is 11.5 Å². The van der Waals surface area contributed by atoms with Gasteiger partial charge in [-0.25, -0.2) is 0 Å². The van der Waals surface area contributed by atoms with E-state index in [1.807, 2.05) is 5.38 Å². The van der Waals surface area contributed by atoms with Gasteiger partial charge in [0.2, 0.25) is 0 Å². The Kier molecular flexibility index (Phi) is 2.09. The summed E-state index contributed by atoms with van der Waals surface area (Å²) in [6, 6.07) is 3.40. The number of ether oxygens (including phenoxy) is 1. The monoisotopic (exact) mass is 212 g/mol. The SMILES string of the molecule is COc1csc2c(O)ccc(S)c12. The first-order valence-electron chi connectivity index (χ1n) is 3.70. The van der Waals surface area contributed by atoms with Gasteiger partial charge in [-0.15, -0.1) is 24.0 Å². The molecule has 68 valence electrons. The highest BCUT2D eigenvalue weighted by molar-refractivity contribution is 7.80. The van der Waals surface area contributed by atoms with Crippen molar-refractivity contribution in [1.29, 1.82) is 0 Å². The summed E-state index contributed by atoms with van der Waals surface area (Å²) in [6.07, 6.45) is 0. The molecular formula is C9H8O2S2. The summed E-state index contributed by atoms with van der Waals surface area (Å²) >= 11 is 5.76. The standard InChI is InChI=1S/C9H8O2S2/c1-11-6-4-13-9-5(10)2-3-7(12)8(6)9/h2-4,10,12H,1H3. The lowest BCUT2D eigenvalue weighted by Gasteiger charge is -2.00. The van der Waals surface area contributed by atoms with Gasteiger partial charge in [0.05, 0.1) is 17.2 Å². The van der Waals surface area contributed by atoms with E-state index in [0.717, 1.165) is 20.7 Å². The smallest absolute Gasteiger partial charge is 0.138 e. The fourth-order valence-electron chi connectivity index (χ4n) is 1.24. The molecule has 2 aromatic rings. The maximum absolute atomic E-state index is 9.53. The molecule has 0 saturated carbocycles. The molecule has 0 aliphatic heterocycles. The van der Waals surface area contributed by atoms with Gasteiger partial charge in [-0.2, -0.15) is 0 Å². The van der Waals surface area contributed by atoms with Crippen molar-refractivity contribution in [3.05, 3.63) is 17.5 Å². The van der Waals surface area contributed by atoms with Gasteiger partial charge in [-0.05, 0) is 12.1 Å². The Bertz CT molecular complexity index is 448. The lowest BCUT2D eigenvalue weighted by molar-refractivity contribution is 0.420. The highest BCUT2D eigenvalue weighted by atomic mass is 32.1. The molecule has 4 heteroatoms. The van der Waals surface area contributed by atoms with E-state index in [0.29, 0.717) is 0 Å². The second kappa shape index (κ2) is 3.12. The van der Waals surface area contributed by atoms with Crippen molar-refractivity contribution < 1.29 is 9.84 Å². The molecule has 13 heavy (non-hydrogen) atoms. The molecule has 0 atom stereocenters. The van der Waals surface area contributed by atoms with Crippen molar-refractivity contribution in [3.63, 3.8) is 0 Å². The van der Waals surface area contributed by atoms with Crippen LogP contribution in [0.15, 0.2) is 22.4 Å². The molecule has 0 fully saturated rings. The third-order valence-corrected chi connectivity index (χ3v) is 3.22. The van der Waals surface area contributed by atoms with E-state index in [9.17, 15) is 5.11 Å². The van der Waals surface area contributed by atoms with E-state index >= 15 is 0 Å². The summed E-state index contributed by atoms with van der Waals surface area (Å²) in [6.45, 7) is 0. The van der Waals surface area contributed by atoms with Crippen molar-refractivity contribution in [2.75, 3.05) is 7.11 Å². The molecule has 2 nitrogen and oxygen atoms in total. The topological polar surface area (TPSA) is 29.5 Å². The Morgan fingerprint density at radius 3 is 2.92 bits per heavy atom. The first-order chi connectivity index (χ1) is 6.24. The first kappa shape index (κ1) is 8.72. The molecule has 0 saturated heterocycles. The number of phenolic OH excluding ortho intramolecular Hbond substituents is 1. The summed E-state index contributed by atoms with van der Waals surface area (Å²) in [5.74, 6) is 1.04. The zero-order chi connectivity index (χ0) is 9.42. The number of rotatable bonds is 1. The minimum Gasteiger partial charge on any atom is -0.506 e. The second-order valence-corrected chi connectivity index (χ2v) is 3.97. The van der Waals surface area contributed by atoms with Crippen LogP contribution in [-0.4, -0.2) is 12.2 Å². The molecule has 0 aliphatic rings. The molecule has 0 amide bonds. The van der Waals surface area contributed by atoms with E-state index < -0.39 is 0 Å². The molecule has 0 radical (unpaired) electrons. The average Bonchev–Trinajstić information content (AvgIpc) is 2.56. The Balaban J connectivity index is 2.87. The molecule has 0 bridgehead atoms. The normalized spacial score (nSPS) is 10.6. The van der Waals surface area contributed by atoms with Crippen LogP contribution in [0.4, 0.5) is 0 Å². The molecule has 0 spiro atoms. The summed E-state index contributed by atoms with van der Waals surface area (Å²) in [5, 5.41) is 12.3. The van der Waals surface area contributed by atoms with E-state index in [4.69, 9.17) is 4.74 Å². The number of thiophene rings is 1. The zero-order valence-corrected chi connectivity index (χ0v) is 8.65. The van der Waals surface area contributed by atoms with Crippen molar-refractivity contribution in [1.82, 2.24) is 0 Å². The maximum Gasteiger partial charge on any atom is 0.138 e. The number of benzene rings is 1. The quantitative estimate of drug-likeness (QED) is 0.712. The summed E-state index contributed by atoms with van der Waals surface area (Å²) in [4.78, 5) is 0.825. The third-order valence-electron chi connectivity index (χ3n) is 1.87. The summed E-state index contributed by atoms with van der Waals surface area (Å²) in [5.41, 5.74) is 0. The molecule has 1 aromatic carbocycles. The average molecular weight is 212 g/mol. The van der Waals surface area contributed by atoms with Crippen LogP contribution < -0.4 is 4.74 Å². The van der Waals surface area contributed by atoms with Gasteiger partial charge in [-0.1, -0.05) is 0 Å². The van der Waals surface area contributed by atoms with Gasteiger partial charge >= 0.3 is 0 Å². The molecule has 1 heterocycles. The predicted octanol–water partition coefficient (Wildman–Crippen LogP) is 2.90. The van der Waals surface area contributed by atoms with Gasteiger partial charge < -0.3 is 9.84 Å². The highest BCUT2D eigenvalue weighted by Crippen LogP contribution is 2.40. The summed E-state index contributed by atoms with van der Waals surface area (Å²) < 4.78 is 5.98. The van der Waals surface area contributed by atoms with Crippen LogP contribution in [0.3, 0.4) is 0 Å². The number of methoxy groups -OCH3 is 1.